The molecule has 0 radical (unpaired) electrons. The van der Waals surface area contributed by atoms with Crippen molar-refractivity contribution in [3.63, 3.8) is 0 Å². The first-order valence-corrected chi connectivity index (χ1v) is 18.8. The molecule has 2 nitrogen and oxygen atoms in total. The third kappa shape index (κ3) is 4.22. The Balaban J connectivity index is 1.15. The van der Waals surface area contributed by atoms with E-state index < -0.39 is 0 Å². The van der Waals surface area contributed by atoms with Crippen molar-refractivity contribution in [2.24, 2.45) is 0 Å². The summed E-state index contributed by atoms with van der Waals surface area (Å²) < 4.78 is 6.49. The minimum Gasteiger partial charge on any atom is -0.456 e. The molecule has 1 aromatic heterocycles. The van der Waals surface area contributed by atoms with Gasteiger partial charge < -0.3 is 9.32 Å². The van der Waals surface area contributed by atoms with Gasteiger partial charge in [0.2, 0.25) is 0 Å². The number of nitrogens with zero attached hydrogens (tertiary/aromatic N) is 1. The molecule has 54 heavy (non-hydrogen) atoms. The molecule has 0 amide bonds. The fourth-order valence-corrected chi connectivity index (χ4v) is 9.71. The van der Waals surface area contributed by atoms with Crippen molar-refractivity contribution in [3.05, 3.63) is 221 Å². The van der Waals surface area contributed by atoms with Gasteiger partial charge in [0.05, 0.1) is 0 Å². The number of rotatable bonds is 5. The normalized spacial score (nSPS) is 18.0. The Morgan fingerprint density at radius 3 is 1.56 bits per heavy atom. The first kappa shape index (κ1) is 30.9. The molecule has 2 atom stereocenters. The summed E-state index contributed by atoms with van der Waals surface area (Å²) in [5.41, 5.74) is 17.5. The van der Waals surface area contributed by atoms with Crippen molar-refractivity contribution in [2.75, 3.05) is 4.90 Å². The zero-order valence-corrected chi connectivity index (χ0v) is 30.3. The van der Waals surface area contributed by atoms with E-state index in [1.54, 1.807) is 0 Å². The lowest BCUT2D eigenvalue weighted by Gasteiger charge is -2.31. The van der Waals surface area contributed by atoms with Gasteiger partial charge in [0.25, 0.3) is 0 Å². The Bertz CT molecular complexity index is 2920. The summed E-state index contributed by atoms with van der Waals surface area (Å²) in [7, 11) is 0. The number of para-hydroxylation sites is 1. The highest BCUT2D eigenvalue weighted by atomic mass is 16.3. The molecular formula is C52H37NO. The number of fused-ring (bicyclic) bond motifs is 9. The summed E-state index contributed by atoms with van der Waals surface area (Å²) in [6, 6.07) is 68.9. The van der Waals surface area contributed by atoms with Crippen molar-refractivity contribution in [2.45, 2.75) is 24.7 Å². The Morgan fingerprint density at radius 2 is 0.833 bits per heavy atom. The number of hydrogen-bond donors (Lipinski definition) is 0. The molecule has 0 fully saturated rings. The van der Waals surface area contributed by atoms with Crippen LogP contribution in [0.3, 0.4) is 0 Å². The first-order valence-electron chi connectivity index (χ1n) is 18.8. The van der Waals surface area contributed by atoms with Crippen molar-refractivity contribution in [1.29, 1.82) is 0 Å². The molecule has 2 unspecified atom stereocenters. The number of furan rings is 1. The van der Waals surface area contributed by atoms with Gasteiger partial charge in [-0.15, -0.1) is 0 Å². The molecule has 1 heterocycles. The lowest BCUT2D eigenvalue weighted by Crippen LogP contribution is -2.23. The predicted molar refractivity (Wildman–Crippen MR) is 223 cm³/mol. The van der Waals surface area contributed by atoms with Gasteiger partial charge in [0.1, 0.15) is 11.2 Å². The molecule has 0 aliphatic heterocycles. The van der Waals surface area contributed by atoms with Gasteiger partial charge in [0, 0.05) is 44.7 Å². The van der Waals surface area contributed by atoms with Crippen LogP contribution in [-0.4, -0.2) is 0 Å². The smallest absolute Gasteiger partial charge is 0.137 e. The summed E-state index contributed by atoms with van der Waals surface area (Å²) in [5, 5.41) is 2.26. The second-order valence-electron chi connectivity index (χ2n) is 15.1. The van der Waals surface area contributed by atoms with E-state index in [1.165, 1.54) is 55.6 Å². The van der Waals surface area contributed by atoms with E-state index in [9.17, 15) is 0 Å². The van der Waals surface area contributed by atoms with Gasteiger partial charge in [-0.05, 0) is 112 Å². The lowest BCUT2D eigenvalue weighted by molar-refractivity contribution is 0.669. The summed E-state index contributed by atoms with van der Waals surface area (Å²) in [4.78, 5) is 2.42. The molecule has 2 aliphatic rings. The maximum absolute atomic E-state index is 6.49. The quantitative estimate of drug-likeness (QED) is 0.179. The van der Waals surface area contributed by atoms with E-state index in [0.717, 1.165) is 39.0 Å². The Morgan fingerprint density at radius 1 is 0.352 bits per heavy atom. The molecule has 0 bridgehead atoms. The average Bonchev–Trinajstić information content (AvgIpc) is 3.83. The maximum atomic E-state index is 6.49. The van der Waals surface area contributed by atoms with Crippen LogP contribution < -0.4 is 4.90 Å². The highest BCUT2D eigenvalue weighted by molar-refractivity contribution is 6.06. The molecule has 0 spiro atoms. The van der Waals surface area contributed by atoms with E-state index in [4.69, 9.17) is 4.42 Å². The van der Waals surface area contributed by atoms with Crippen molar-refractivity contribution in [1.82, 2.24) is 0 Å². The number of hydrogen-bond acceptors (Lipinski definition) is 2. The van der Waals surface area contributed by atoms with Crippen LogP contribution in [0.4, 0.5) is 17.1 Å². The zero-order valence-electron chi connectivity index (χ0n) is 30.3. The summed E-state index contributed by atoms with van der Waals surface area (Å²) in [6.45, 7) is 4.76. The van der Waals surface area contributed by atoms with Crippen LogP contribution in [0.2, 0.25) is 0 Å². The molecule has 8 aromatic carbocycles. The van der Waals surface area contributed by atoms with E-state index in [0.29, 0.717) is 0 Å². The Hall–Kier alpha value is -6.64. The maximum Gasteiger partial charge on any atom is 0.137 e. The summed E-state index contributed by atoms with van der Waals surface area (Å²) >= 11 is 0. The van der Waals surface area contributed by atoms with Crippen LogP contribution in [0, 0.1) is 0 Å². The van der Waals surface area contributed by atoms with E-state index in [2.05, 4.69) is 201 Å². The average molecular weight is 692 g/mol. The van der Waals surface area contributed by atoms with Crippen LogP contribution in [-0.2, 0) is 10.8 Å². The third-order valence-corrected chi connectivity index (χ3v) is 12.4. The van der Waals surface area contributed by atoms with Gasteiger partial charge in [-0.1, -0.05) is 140 Å². The molecule has 0 saturated heterocycles. The highest BCUT2D eigenvalue weighted by Crippen LogP contribution is 2.56. The van der Waals surface area contributed by atoms with Crippen molar-refractivity contribution >= 4 is 39.0 Å². The van der Waals surface area contributed by atoms with Gasteiger partial charge >= 0.3 is 0 Å². The minimum atomic E-state index is -0.314. The molecular weight excluding hydrogens is 655 g/mol. The Labute approximate surface area is 315 Å². The monoisotopic (exact) mass is 691 g/mol. The van der Waals surface area contributed by atoms with Gasteiger partial charge in [-0.2, -0.15) is 0 Å². The molecule has 2 heteroatoms. The predicted octanol–water partition coefficient (Wildman–Crippen LogP) is 13.7. The third-order valence-electron chi connectivity index (χ3n) is 12.4. The van der Waals surface area contributed by atoms with E-state index in [1.807, 2.05) is 6.07 Å². The molecule has 256 valence electrons. The largest absolute Gasteiger partial charge is 0.456 e. The number of benzene rings is 8. The second-order valence-corrected chi connectivity index (χ2v) is 15.1. The fraction of sp³-hybridized carbons (Fsp3) is 0.0769. The van der Waals surface area contributed by atoms with Crippen LogP contribution >= 0.6 is 0 Å². The second kappa shape index (κ2) is 11.4. The first-order chi connectivity index (χ1) is 26.5. The summed E-state index contributed by atoms with van der Waals surface area (Å²) in [6.07, 6.45) is 0. The van der Waals surface area contributed by atoms with Crippen LogP contribution in [0.5, 0.6) is 0 Å². The highest BCUT2D eigenvalue weighted by Gasteiger charge is 2.42. The number of anilines is 3. The Kier molecular flexibility index (Phi) is 6.55. The van der Waals surface area contributed by atoms with Crippen LogP contribution in [0.15, 0.2) is 192 Å². The minimum absolute atomic E-state index is 0.263. The van der Waals surface area contributed by atoms with Gasteiger partial charge in [-0.3, -0.25) is 0 Å². The molecule has 11 rings (SSSR count). The molecule has 0 saturated carbocycles. The van der Waals surface area contributed by atoms with Gasteiger partial charge in [0.15, 0.2) is 0 Å². The van der Waals surface area contributed by atoms with Gasteiger partial charge in [-0.25, -0.2) is 0 Å². The SMILES string of the molecule is CC1(c2ccccc2)c2ccccc2-c2cc(N(c3ccc4c(c3)C(C)(c3ccccc3)c3ccccc3-4)c3ccc4c(c3)oc3ccccc34)ccc21. The van der Waals surface area contributed by atoms with E-state index in [-0.39, 0.29) is 10.8 Å². The van der Waals surface area contributed by atoms with Crippen LogP contribution in [0.25, 0.3) is 44.2 Å². The van der Waals surface area contributed by atoms with E-state index >= 15 is 0 Å². The summed E-state index contributed by atoms with van der Waals surface area (Å²) in [5.74, 6) is 0. The topological polar surface area (TPSA) is 16.4 Å². The van der Waals surface area contributed by atoms with Crippen molar-refractivity contribution in [3.8, 4) is 22.3 Å². The zero-order chi connectivity index (χ0) is 36.0. The molecule has 0 N–H and O–H groups in total. The standard InChI is InChI=1S/C52H37NO/c1-51(34-15-5-3-6-16-34)46-23-13-10-20-40(46)44-31-36(27-30-47(44)51)53(38-26-29-43-42-21-11-14-24-49(42)54-50(43)33-38)37-25-28-41-39-19-9-12-22-45(39)52(2,48(41)32-37)35-17-7-4-8-18-35/h3-33H,1-2H3. The lowest BCUT2D eigenvalue weighted by atomic mass is 9.74. The molecule has 9 aromatic rings. The van der Waals surface area contributed by atoms with Crippen LogP contribution in [0.1, 0.15) is 47.2 Å². The van der Waals surface area contributed by atoms with Crippen molar-refractivity contribution < 1.29 is 4.42 Å². The fourth-order valence-electron chi connectivity index (χ4n) is 9.71. The molecule has 2 aliphatic carbocycles.